The third kappa shape index (κ3) is 28.2. The van der Waals surface area contributed by atoms with E-state index in [0.717, 1.165) is 25.7 Å². The maximum Gasteiger partial charge on any atom is 0.249 e. The first-order valence-corrected chi connectivity index (χ1v) is 24.6. The molecule has 1 saturated heterocycles. The largest absolute Gasteiger partial charge is 0.394 e. The van der Waals surface area contributed by atoms with E-state index in [9.17, 15) is 40.5 Å². The highest BCUT2D eigenvalue weighted by atomic mass is 16.7. The molecule has 350 valence electrons. The van der Waals surface area contributed by atoms with Gasteiger partial charge in [0.05, 0.1) is 25.4 Å². The Morgan fingerprint density at radius 1 is 0.576 bits per heavy atom. The van der Waals surface area contributed by atoms with Gasteiger partial charge in [-0.15, -0.1) is 0 Å². The fraction of sp³-hybridized carbons (Fsp3) is 0.938. The summed E-state index contributed by atoms with van der Waals surface area (Å²) in [4.78, 5) is 12.9. The zero-order chi connectivity index (χ0) is 43.4. The molecule has 9 atom stereocenters. The SMILES string of the molecule is CCCCCCCCCCCCCC/C=C\CCCCCCCCCCCCCCCCC(O)C(=O)NC(COC1OC(CO)C(O)C(O)C1O)C(O)C(O)CCCC. The minimum atomic E-state index is -1.65. The normalized spacial score (nSPS) is 21.8. The van der Waals surface area contributed by atoms with E-state index in [1.807, 2.05) is 6.92 Å². The number of ether oxygens (including phenoxy) is 2. The molecule has 11 nitrogen and oxygen atoms in total. The van der Waals surface area contributed by atoms with Crippen LogP contribution in [0.1, 0.15) is 219 Å². The number of allylic oxidation sites excluding steroid dienone is 2. The molecule has 8 N–H and O–H groups in total. The number of unbranched alkanes of at least 4 members (excludes halogenated alkanes) is 27. The smallest absolute Gasteiger partial charge is 0.249 e. The Kier molecular flexibility index (Phi) is 36.5. The summed E-state index contributed by atoms with van der Waals surface area (Å²) in [6, 6.07) is -1.16. The minimum Gasteiger partial charge on any atom is -0.394 e. The lowest BCUT2D eigenvalue weighted by atomic mass is 9.99. The molecule has 1 amide bonds. The molecule has 9 unspecified atom stereocenters. The number of carbonyl (C=O) groups excluding carboxylic acids is 1. The van der Waals surface area contributed by atoms with Crippen LogP contribution in [0.5, 0.6) is 0 Å². The molecule has 1 rings (SSSR count). The maximum absolute atomic E-state index is 12.9. The molecule has 0 bridgehead atoms. The Bertz CT molecular complexity index is 970. The molecule has 59 heavy (non-hydrogen) atoms. The summed E-state index contributed by atoms with van der Waals surface area (Å²) in [6.45, 7) is 3.17. The van der Waals surface area contributed by atoms with Crippen LogP contribution in [0.25, 0.3) is 0 Å². The van der Waals surface area contributed by atoms with E-state index in [-0.39, 0.29) is 12.8 Å². The van der Waals surface area contributed by atoms with E-state index in [0.29, 0.717) is 12.8 Å². The number of amides is 1. The van der Waals surface area contributed by atoms with Crippen molar-refractivity contribution in [2.24, 2.45) is 0 Å². The molecule has 0 aromatic rings. The molecule has 0 aliphatic carbocycles. The number of nitrogens with one attached hydrogen (secondary N) is 1. The zero-order valence-corrected chi connectivity index (χ0v) is 37.7. The van der Waals surface area contributed by atoms with Crippen molar-refractivity contribution in [1.82, 2.24) is 5.32 Å². The Morgan fingerprint density at radius 3 is 1.44 bits per heavy atom. The predicted molar refractivity (Wildman–Crippen MR) is 238 cm³/mol. The summed E-state index contributed by atoms with van der Waals surface area (Å²) >= 11 is 0. The van der Waals surface area contributed by atoms with Crippen LogP contribution in [0.2, 0.25) is 0 Å². The Balaban J connectivity index is 2.06. The van der Waals surface area contributed by atoms with Crippen LogP contribution in [0.15, 0.2) is 12.2 Å². The van der Waals surface area contributed by atoms with Gasteiger partial charge in [0, 0.05) is 0 Å². The molecule has 1 fully saturated rings. The van der Waals surface area contributed by atoms with Gasteiger partial charge in [0.2, 0.25) is 5.91 Å². The van der Waals surface area contributed by atoms with Crippen molar-refractivity contribution in [2.45, 2.75) is 274 Å². The van der Waals surface area contributed by atoms with E-state index in [1.54, 1.807) is 0 Å². The highest BCUT2D eigenvalue weighted by molar-refractivity contribution is 5.80. The Labute approximate surface area is 360 Å². The first-order valence-electron chi connectivity index (χ1n) is 24.6. The fourth-order valence-electron chi connectivity index (χ4n) is 7.95. The summed E-state index contributed by atoms with van der Waals surface area (Å²) in [7, 11) is 0. The molecule has 0 aromatic heterocycles. The number of rotatable bonds is 41. The van der Waals surface area contributed by atoms with Crippen molar-refractivity contribution in [2.75, 3.05) is 13.2 Å². The summed E-state index contributed by atoms with van der Waals surface area (Å²) in [5.74, 6) is -0.707. The Hall–Kier alpha value is -1.15. The van der Waals surface area contributed by atoms with E-state index in [2.05, 4.69) is 24.4 Å². The van der Waals surface area contributed by atoms with E-state index >= 15 is 0 Å². The number of carbonyl (C=O) groups is 1. The van der Waals surface area contributed by atoms with Crippen molar-refractivity contribution in [3.8, 4) is 0 Å². The number of aliphatic hydroxyl groups is 7. The van der Waals surface area contributed by atoms with Crippen LogP contribution < -0.4 is 5.32 Å². The Morgan fingerprint density at radius 2 is 1.00 bits per heavy atom. The van der Waals surface area contributed by atoms with Crippen LogP contribution in [-0.4, -0.2) is 110 Å². The zero-order valence-electron chi connectivity index (χ0n) is 37.7. The van der Waals surface area contributed by atoms with Crippen molar-refractivity contribution in [3.05, 3.63) is 12.2 Å². The number of aliphatic hydroxyl groups excluding tert-OH is 7. The molecule has 0 spiro atoms. The van der Waals surface area contributed by atoms with Crippen LogP contribution in [0.4, 0.5) is 0 Å². The van der Waals surface area contributed by atoms with E-state index in [4.69, 9.17) is 9.47 Å². The van der Waals surface area contributed by atoms with Crippen molar-refractivity contribution in [3.63, 3.8) is 0 Å². The van der Waals surface area contributed by atoms with Gasteiger partial charge in [-0.05, 0) is 38.5 Å². The van der Waals surface area contributed by atoms with Crippen molar-refractivity contribution in [1.29, 1.82) is 0 Å². The van der Waals surface area contributed by atoms with Gasteiger partial charge in [-0.1, -0.05) is 193 Å². The molecule has 1 aliphatic heterocycles. The molecule has 0 aromatic carbocycles. The summed E-state index contributed by atoms with van der Waals surface area (Å²) < 4.78 is 10.9. The standard InChI is InChI=1S/C48H93NO10/c1-3-5-7-8-9-10-11-12-13-14-15-16-17-18-19-20-21-22-23-24-25-26-27-28-29-30-31-32-33-34-36-41(52)47(57)49-39(43(53)40(51)35-6-4-2)38-58-48-46(56)45(55)44(54)42(37-50)59-48/h18-19,39-46,48,50-56H,3-17,20-38H2,1-2H3,(H,49,57)/b19-18-. The topological polar surface area (TPSA) is 189 Å². The average Bonchev–Trinajstić information content (AvgIpc) is 3.24. The van der Waals surface area contributed by atoms with Crippen molar-refractivity contribution < 1.29 is 50.0 Å². The number of hydrogen-bond donors (Lipinski definition) is 8. The van der Waals surface area contributed by atoms with Gasteiger partial charge in [-0.2, -0.15) is 0 Å². The molecular formula is C48H93NO10. The first-order chi connectivity index (χ1) is 28.7. The maximum atomic E-state index is 12.9. The molecule has 11 heteroatoms. The van der Waals surface area contributed by atoms with Gasteiger partial charge >= 0.3 is 0 Å². The third-order valence-corrected chi connectivity index (χ3v) is 12.1. The summed E-state index contributed by atoms with van der Waals surface area (Å²) in [5, 5.41) is 74.4. The molecule has 1 aliphatic rings. The minimum absolute atomic E-state index is 0.261. The van der Waals surface area contributed by atoms with Gasteiger partial charge in [0.15, 0.2) is 6.29 Å². The monoisotopic (exact) mass is 844 g/mol. The second kappa shape index (κ2) is 38.5. The lowest BCUT2D eigenvalue weighted by molar-refractivity contribution is -0.303. The van der Waals surface area contributed by atoms with E-state index in [1.165, 1.54) is 154 Å². The highest BCUT2D eigenvalue weighted by Gasteiger charge is 2.44. The lowest BCUT2D eigenvalue weighted by Gasteiger charge is -2.40. The first kappa shape index (κ1) is 55.9. The second-order valence-electron chi connectivity index (χ2n) is 17.5. The van der Waals surface area contributed by atoms with Gasteiger partial charge in [-0.3, -0.25) is 4.79 Å². The van der Waals surface area contributed by atoms with Gasteiger partial charge in [-0.25, -0.2) is 0 Å². The highest BCUT2D eigenvalue weighted by Crippen LogP contribution is 2.23. The molecule has 0 radical (unpaired) electrons. The van der Waals surface area contributed by atoms with Gasteiger partial charge in [0.1, 0.15) is 36.6 Å². The fourth-order valence-corrected chi connectivity index (χ4v) is 7.95. The second-order valence-corrected chi connectivity index (χ2v) is 17.5. The quantitative estimate of drug-likeness (QED) is 0.0219. The number of hydrogen-bond acceptors (Lipinski definition) is 10. The van der Waals surface area contributed by atoms with E-state index < -0.39 is 74.2 Å². The van der Waals surface area contributed by atoms with Crippen molar-refractivity contribution >= 4 is 5.91 Å². The van der Waals surface area contributed by atoms with Crippen LogP contribution in [0.3, 0.4) is 0 Å². The van der Waals surface area contributed by atoms with Crippen LogP contribution in [-0.2, 0) is 14.3 Å². The summed E-state index contributed by atoms with van der Waals surface area (Å²) in [6.07, 6.45) is 31.6. The third-order valence-electron chi connectivity index (χ3n) is 12.1. The lowest BCUT2D eigenvalue weighted by Crippen LogP contribution is -2.60. The van der Waals surface area contributed by atoms with Gasteiger partial charge < -0.3 is 50.5 Å². The summed E-state index contributed by atoms with van der Waals surface area (Å²) in [5.41, 5.74) is 0. The average molecular weight is 844 g/mol. The van der Waals surface area contributed by atoms with Crippen LogP contribution >= 0.6 is 0 Å². The van der Waals surface area contributed by atoms with Gasteiger partial charge in [0.25, 0.3) is 0 Å². The van der Waals surface area contributed by atoms with Crippen LogP contribution in [0, 0.1) is 0 Å². The molecule has 1 heterocycles. The molecular weight excluding hydrogens is 751 g/mol. The predicted octanol–water partition coefficient (Wildman–Crippen LogP) is 8.45. The molecule has 0 saturated carbocycles.